The maximum absolute atomic E-state index is 10.9. The van der Waals surface area contributed by atoms with Crippen LogP contribution in [-0.4, -0.2) is 26.0 Å². The van der Waals surface area contributed by atoms with Gasteiger partial charge in [0.1, 0.15) is 0 Å². The smallest absolute Gasteiger partial charge is 0.155 e. The Balaban J connectivity index is 1.54. The predicted octanol–water partition coefficient (Wildman–Crippen LogP) is 2.04. The molecule has 86 valence electrons. The minimum Gasteiger partial charge on any atom is -0.501 e. The van der Waals surface area contributed by atoms with Gasteiger partial charge >= 0.3 is 0 Å². The first-order chi connectivity index (χ1) is 7.18. The van der Waals surface area contributed by atoms with Gasteiger partial charge in [0.2, 0.25) is 0 Å². The third-order valence-corrected chi connectivity index (χ3v) is 4.95. The summed E-state index contributed by atoms with van der Waals surface area (Å²) >= 11 is 0. The highest BCUT2D eigenvalue weighted by Gasteiger charge is 2.42. The van der Waals surface area contributed by atoms with Gasteiger partial charge < -0.3 is 4.74 Å². The van der Waals surface area contributed by atoms with Crippen LogP contribution in [0.2, 0.25) is 0 Å². The highest BCUT2D eigenvalue weighted by atomic mass is 32.2. The number of allylic oxidation sites excluding steroid dienone is 1. The van der Waals surface area contributed by atoms with E-state index in [0.29, 0.717) is 12.4 Å². The van der Waals surface area contributed by atoms with E-state index < -0.39 is 9.84 Å². The van der Waals surface area contributed by atoms with E-state index in [1.807, 2.05) is 6.26 Å². The fourth-order valence-corrected chi connectivity index (χ4v) is 3.47. The fraction of sp³-hybridized carbons (Fsp3) is 0.818. The summed E-state index contributed by atoms with van der Waals surface area (Å²) in [7, 11) is -2.63. The minimum absolute atomic E-state index is 0.0553. The van der Waals surface area contributed by atoms with Crippen molar-refractivity contribution in [1.82, 2.24) is 0 Å². The molecule has 4 heteroatoms. The monoisotopic (exact) mass is 230 g/mol. The summed E-state index contributed by atoms with van der Waals surface area (Å²) < 4.78 is 27.2. The Morgan fingerprint density at radius 3 is 2.60 bits per heavy atom. The van der Waals surface area contributed by atoms with Crippen LogP contribution in [0.25, 0.3) is 0 Å². The van der Waals surface area contributed by atoms with E-state index in [1.165, 1.54) is 31.3 Å². The molecule has 1 saturated heterocycles. The third-order valence-electron chi connectivity index (χ3n) is 3.09. The maximum atomic E-state index is 10.9. The van der Waals surface area contributed by atoms with Gasteiger partial charge in [0.05, 0.1) is 23.9 Å². The Bertz CT molecular complexity index is 335. The molecule has 1 unspecified atom stereocenters. The summed E-state index contributed by atoms with van der Waals surface area (Å²) in [6.45, 7) is 0.662. The van der Waals surface area contributed by atoms with E-state index in [9.17, 15) is 8.42 Å². The molecule has 0 aromatic carbocycles. The Morgan fingerprint density at radius 2 is 2.00 bits per heavy atom. The standard InChI is InChI=1S/C11H18O3S/c12-15(13)9-11(15)6-3-7-14-8-10-4-1-2-5-10/h8,11H,1-7,9H2. The molecule has 0 N–H and O–H groups in total. The van der Waals surface area contributed by atoms with Gasteiger partial charge in [-0.2, -0.15) is 0 Å². The van der Waals surface area contributed by atoms with Crippen LogP contribution in [0, 0.1) is 0 Å². The lowest BCUT2D eigenvalue weighted by Gasteiger charge is -2.01. The molecule has 1 saturated carbocycles. The highest BCUT2D eigenvalue weighted by Crippen LogP contribution is 2.26. The Morgan fingerprint density at radius 1 is 1.33 bits per heavy atom. The van der Waals surface area contributed by atoms with Crippen molar-refractivity contribution in [2.45, 2.75) is 43.8 Å². The summed E-state index contributed by atoms with van der Waals surface area (Å²) in [5, 5.41) is -0.0553. The summed E-state index contributed by atoms with van der Waals surface area (Å²) in [5.74, 6) is 0.397. The molecule has 1 atom stereocenters. The lowest BCUT2D eigenvalue weighted by Crippen LogP contribution is -1.94. The van der Waals surface area contributed by atoms with Crippen molar-refractivity contribution in [1.29, 1.82) is 0 Å². The van der Waals surface area contributed by atoms with Crippen molar-refractivity contribution in [2.75, 3.05) is 12.4 Å². The second kappa shape index (κ2) is 4.56. The van der Waals surface area contributed by atoms with Crippen LogP contribution in [0.3, 0.4) is 0 Å². The van der Waals surface area contributed by atoms with E-state index >= 15 is 0 Å². The summed E-state index contributed by atoms with van der Waals surface area (Å²) in [6, 6.07) is 0. The molecule has 0 spiro atoms. The summed E-state index contributed by atoms with van der Waals surface area (Å²) in [5.41, 5.74) is 1.41. The first kappa shape index (κ1) is 11.0. The van der Waals surface area contributed by atoms with E-state index in [0.717, 1.165) is 12.8 Å². The van der Waals surface area contributed by atoms with Crippen molar-refractivity contribution in [3.05, 3.63) is 11.8 Å². The van der Waals surface area contributed by atoms with Gasteiger partial charge in [-0.15, -0.1) is 0 Å². The van der Waals surface area contributed by atoms with Gasteiger partial charge in [-0.05, 0) is 44.1 Å². The van der Waals surface area contributed by atoms with Crippen LogP contribution in [-0.2, 0) is 14.6 Å². The summed E-state index contributed by atoms with van der Waals surface area (Å²) in [4.78, 5) is 0. The van der Waals surface area contributed by atoms with Gasteiger partial charge in [0.15, 0.2) is 9.84 Å². The lowest BCUT2D eigenvalue weighted by molar-refractivity contribution is 0.239. The first-order valence-corrected chi connectivity index (χ1v) is 7.41. The van der Waals surface area contributed by atoms with E-state index in [2.05, 4.69) is 0 Å². The molecule has 0 radical (unpaired) electrons. The normalized spacial score (nSPS) is 27.7. The predicted molar refractivity (Wildman–Crippen MR) is 59.3 cm³/mol. The minimum atomic E-state index is -2.63. The molecule has 2 aliphatic rings. The van der Waals surface area contributed by atoms with Gasteiger partial charge in [0, 0.05) is 0 Å². The quantitative estimate of drug-likeness (QED) is 0.412. The molecule has 2 fully saturated rings. The van der Waals surface area contributed by atoms with Crippen molar-refractivity contribution in [3.63, 3.8) is 0 Å². The molecule has 1 aliphatic heterocycles. The molecular formula is C11H18O3S. The molecule has 0 amide bonds. The fourth-order valence-electron chi connectivity index (χ4n) is 2.00. The topological polar surface area (TPSA) is 43.4 Å². The molecule has 1 heterocycles. The zero-order valence-corrected chi connectivity index (χ0v) is 9.76. The maximum Gasteiger partial charge on any atom is 0.155 e. The van der Waals surface area contributed by atoms with Crippen molar-refractivity contribution < 1.29 is 13.2 Å². The number of sulfone groups is 1. The van der Waals surface area contributed by atoms with Crippen LogP contribution >= 0.6 is 0 Å². The average molecular weight is 230 g/mol. The van der Waals surface area contributed by atoms with Gasteiger partial charge in [-0.1, -0.05) is 0 Å². The molecular weight excluding hydrogens is 212 g/mol. The molecule has 0 aromatic rings. The molecule has 15 heavy (non-hydrogen) atoms. The lowest BCUT2D eigenvalue weighted by atomic mass is 10.2. The number of hydrogen-bond acceptors (Lipinski definition) is 3. The second-order valence-electron chi connectivity index (χ2n) is 4.45. The summed E-state index contributed by atoms with van der Waals surface area (Å²) in [6.07, 6.45) is 8.44. The van der Waals surface area contributed by atoms with Crippen LogP contribution in [0.5, 0.6) is 0 Å². The Kier molecular flexibility index (Phi) is 3.34. The van der Waals surface area contributed by atoms with E-state index in [4.69, 9.17) is 4.74 Å². The molecule has 0 aromatic heterocycles. The van der Waals surface area contributed by atoms with Crippen LogP contribution in [0.4, 0.5) is 0 Å². The molecule has 2 rings (SSSR count). The SMILES string of the molecule is O=S1(=O)CC1CCCOC=C1CCCC1. The van der Waals surface area contributed by atoms with Crippen molar-refractivity contribution in [3.8, 4) is 0 Å². The van der Waals surface area contributed by atoms with Gasteiger partial charge in [-0.3, -0.25) is 0 Å². The van der Waals surface area contributed by atoms with Gasteiger partial charge in [-0.25, -0.2) is 8.42 Å². The first-order valence-electron chi connectivity index (χ1n) is 5.69. The van der Waals surface area contributed by atoms with Crippen LogP contribution in [0.1, 0.15) is 38.5 Å². The Labute approximate surface area is 91.4 Å². The van der Waals surface area contributed by atoms with Crippen LogP contribution < -0.4 is 0 Å². The van der Waals surface area contributed by atoms with Crippen molar-refractivity contribution >= 4 is 9.84 Å². The van der Waals surface area contributed by atoms with Crippen molar-refractivity contribution in [2.24, 2.45) is 0 Å². The van der Waals surface area contributed by atoms with E-state index in [1.54, 1.807) is 0 Å². The number of hydrogen-bond donors (Lipinski definition) is 0. The zero-order chi connectivity index (χ0) is 10.7. The molecule has 1 aliphatic carbocycles. The van der Waals surface area contributed by atoms with Gasteiger partial charge in [0.25, 0.3) is 0 Å². The number of ether oxygens (including phenoxy) is 1. The number of rotatable bonds is 5. The molecule has 0 bridgehead atoms. The van der Waals surface area contributed by atoms with Crippen LogP contribution in [0.15, 0.2) is 11.8 Å². The Hall–Kier alpha value is -0.510. The highest BCUT2D eigenvalue weighted by molar-refractivity contribution is 7.99. The van der Waals surface area contributed by atoms with E-state index in [-0.39, 0.29) is 5.25 Å². The zero-order valence-electron chi connectivity index (χ0n) is 8.94. The largest absolute Gasteiger partial charge is 0.501 e. The third kappa shape index (κ3) is 3.23. The second-order valence-corrected chi connectivity index (χ2v) is 6.77. The molecule has 3 nitrogen and oxygen atoms in total. The average Bonchev–Trinajstić information content (AvgIpc) is 2.66.